The third kappa shape index (κ3) is 4.44. The highest BCUT2D eigenvalue weighted by Crippen LogP contribution is 2.22. The fourth-order valence-electron chi connectivity index (χ4n) is 2.54. The molecule has 1 amide bonds. The molecule has 21 heavy (non-hydrogen) atoms. The standard InChI is InChI=1S/C15H19ClN2O3/c1-15(17-9-14(20)21)5-6-18(10-15)13(19)8-11-3-2-4-12(16)7-11/h2-4,7,17H,5-6,8-10H2,1H3,(H,20,21)/t15-/m0/s1. The average molecular weight is 311 g/mol. The number of amides is 1. The molecular formula is C15H19ClN2O3. The number of carboxylic acid groups (broad SMARTS) is 1. The van der Waals surface area contributed by atoms with Crippen LogP contribution >= 0.6 is 11.6 Å². The van der Waals surface area contributed by atoms with Gasteiger partial charge < -0.3 is 10.0 Å². The highest BCUT2D eigenvalue weighted by atomic mass is 35.5. The van der Waals surface area contributed by atoms with Gasteiger partial charge in [0.15, 0.2) is 0 Å². The molecule has 0 aliphatic carbocycles. The van der Waals surface area contributed by atoms with E-state index < -0.39 is 5.97 Å². The summed E-state index contributed by atoms with van der Waals surface area (Å²) in [6.07, 6.45) is 1.07. The minimum absolute atomic E-state index is 0.0399. The van der Waals surface area contributed by atoms with Crippen LogP contribution in [0.25, 0.3) is 0 Å². The summed E-state index contributed by atoms with van der Waals surface area (Å²) in [5.41, 5.74) is 0.558. The van der Waals surface area contributed by atoms with Crippen LogP contribution in [0.5, 0.6) is 0 Å². The molecule has 1 atom stereocenters. The number of hydrogen-bond donors (Lipinski definition) is 2. The molecular weight excluding hydrogens is 292 g/mol. The predicted octanol–water partition coefficient (Wildman–Crippen LogP) is 1.55. The number of carbonyl (C=O) groups is 2. The first-order valence-corrected chi connectivity index (χ1v) is 7.25. The molecule has 2 rings (SSSR count). The number of carbonyl (C=O) groups excluding carboxylic acids is 1. The third-order valence-electron chi connectivity index (χ3n) is 3.74. The summed E-state index contributed by atoms with van der Waals surface area (Å²) in [7, 11) is 0. The number of halogens is 1. The molecule has 1 aliphatic rings. The molecule has 0 radical (unpaired) electrons. The van der Waals surface area contributed by atoms with E-state index in [4.69, 9.17) is 16.7 Å². The molecule has 1 aromatic rings. The molecule has 6 heteroatoms. The first-order chi connectivity index (χ1) is 9.88. The Balaban J connectivity index is 1.91. The number of nitrogens with one attached hydrogen (secondary N) is 1. The van der Waals surface area contributed by atoms with E-state index >= 15 is 0 Å². The number of hydrogen-bond acceptors (Lipinski definition) is 3. The first kappa shape index (κ1) is 15.8. The topological polar surface area (TPSA) is 69.6 Å². The Labute approximate surface area is 128 Å². The molecule has 1 fully saturated rings. The number of benzene rings is 1. The lowest BCUT2D eigenvalue weighted by Gasteiger charge is -2.25. The van der Waals surface area contributed by atoms with Crippen molar-refractivity contribution in [2.24, 2.45) is 0 Å². The SMILES string of the molecule is C[C@]1(NCC(=O)O)CCN(C(=O)Cc2cccc(Cl)c2)C1. The molecule has 1 aromatic carbocycles. The van der Waals surface area contributed by atoms with Gasteiger partial charge in [-0.25, -0.2) is 0 Å². The van der Waals surface area contributed by atoms with Crippen molar-refractivity contribution in [3.05, 3.63) is 34.9 Å². The van der Waals surface area contributed by atoms with Crippen LogP contribution in [-0.4, -0.2) is 47.1 Å². The second-order valence-electron chi connectivity index (χ2n) is 5.68. The Kier molecular flexibility index (Phi) is 4.85. The van der Waals surface area contributed by atoms with Gasteiger partial charge in [-0.15, -0.1) is 0 Å². The van der Waals surface area contributed by atoms with E-state index in [-0.39, 0.29) is 18.0 Å². The van der Waals surface area contributed by atoms with Crippen LogP contribution in [0, 0.1) is 0 Å². The lowest BCUT2D eigenvalue weighted by molar-refractivity contribution is -0.136. The van der Waals surface area contributed by atoms with Crippen molar-refractivity contribution in [1.29, 1.82) is 0 Å². The monoisotopic (exact) mass is 310 g/mol. The zero-order chi connectivity index (χ0) is 15.5. The molecule has 0 bridgehead atoms. The fourth-order valence-corrected chi connectivity index (χ4v) is 2.75. The van der Waals surface area contributed by atoms with E-state index in [9.17, 15) is 9.59 Å². The predicted molar refractivity (Wildman–Crippen MR) is 80.4 cm³/mol. The van der Waals surface area contributed by atoms with Gasteiger partial charge in [0.2, 0.25) is 5.91 Å². The molecule has 0 spiro atoms. The van der Waals surface area contributed by atoms with Crippen molar-refractivity contribution in [3.63, 3.8) is 0 Å². The summed E-state index contributed by atoms with van der Waals surface area (Å²) in [5, 5.41) is 12.3. The first-order valence-electron chi connectivity index (χ1n) is 6.87. The van der Waals surface area contributed by atoms with Crippen molar-refractivity contribution >= 4 is 23.5 Å². The lowest BCUT2D eigenvalue weighted by atomic mass is 10.0. The van der Waals surface area contributed by atoms with Gasteiger partial charge in [0.05, 0.1) is 13.0 Å². The summed E-state index contributed by atoms with van der Waals surface area (Å²) in [6.45, 7) is 3.03. The Morgan fingerprint density at radius 2 is 2.24 bits per heavy atom. The van der Waals surface area contributed by atoms with Crippen LogP contribution < -0.4 is 5.32 Å². The molecule has 0 saturated carbocycles. The number of rotatable bonds is 5. The normalized spacial score (nSPS) is 21.5. The fraction of sp³-hybridized carbons (Fsp3) is 0.467. The Morgan fingerprint density at radius 1 is 1.48 bits per heavy atom. The van der Waals surface area contributed by atoms with Gasteiger partial charge in [-0.05, 0) is 31.0 Å². The van der Waals surface area contributed by atoms with Crippen LogP contribution in [0.4, 0.5) is 0 Å². The van der Waals surface area contributed by atoms with Gasteiger partial charge >= 0.3 is 5.97 Å². The van der Waals surface area contributed by atoms with Crippen molar-refractivity contribution in [3.8, 4) is 0 Å². The molecule has 5 nitrogen and oxygen atoms in total. The van der Waals surface area contributed by atoms with Crippen molar-refractivity contribution < 1.29 is 14.7 Å². The zero-order valence-corrected chi connectivity index (χ0v) is 12.7. The molecule has 0 aromatic heterocycles. The molecule has 0 unspecified atom stereocenters. The van der Waals surface area contributed by atoms with E-state index in [0.29, 0.717) is 24.5 Å². The molecule has 2 N–H and O–H groups in total. The van der Waals surface area contributed by atoms with Crippen LogP contribution in [0.1, 0.15) is 18.9 Å². The Bertz CT molecular complexity index is 549. The second kappa shape index (κ2) is 6.45. The maximum atomic E-state index is 12.3. The summed E-state index contributed by atoms with van der Waals surface area (Å²) < 4.78 is 0. The summed E-state index contributed by atoms with van der Waals surface area (Å²) in [6, 6.07) is 7.27. The maximum absolute atomic E-state index is 12.3. The highest BCUT2D eigenvalue weighted by molar-refractivity contribution is 6.30. The van der Waals surface area contributed by atoms with Crippen molar-refractivity contribution in [2.75, 3.05) is 19.6 Å². The molecule has 1 aliphatic heterocycles. The average Bonchev–Trinajstić information content (AvgIpc) is 2.80. The highest BCUT2D eigenvalue weighted by Gasteiger charge is 2.35. The van der Waals surface area contributed by atoms with E-state index in [1.807, 2.05) is 19.1 Å². The van der Waals surface area contributed by atoms with E-state index in [2.05, 4.69) is 5.32 Å². The van der Waals surface area contributed by atoms with Gasteiger partial charge in [-0.2, -0.15) is 0 Å². The summed E-state index contributed by atoms with van der Waals surface area (Å²) >= 11 is 5.91. The van der Waals surface area contributed by atoms with Gasteiger partial charge in [-0.3, -0.25) is 14.9 Å². The van der Waals surface area contributed by atoms with Gasteiger partial charge in [-0.1, -0.05) is 23.7 Å². The molecule has 1 saturated heterocycles. The third-order valence-corrected chi connectivity index (χ3v) is 3.97. The van der Waals surface area contributed by atoms with Crippen LogP contribution in [0.15, 0.2) is 24.3 Å². The van der Waals surface area contributed by atoms with Crippen molar-refractivity contribution in [1.82, 2.24) is 10.2 Å². The number of carboxylic acids is 1. The van der Waals surface area contributed by atoms with Gasteiger partial charge in [0.25, 0.3) is 0 Å². The van der Waals surface area contributed by atoms with Gasteiger partial charge in [0.1, 0.15) is 0 Å². The largest absolute Gasteiger partial charge is 0.480 e. The number of likely N-dealkylation sites (tertiary alicyclic amines) is 1. The van der Waals surface area contributed by atoms with Crippen LogP contribution in [-0.2, 0) is 16.0 Å². The summed E-state index contributed by atoms with van der Waals surface area (Å²) in [4.78, 5) is 24.7. The number of nitrogens with zero attached hydrogens (tertiary/aromatic N) is 1. The lowest BCUT2D eigenvalue weighted by Crippen LogP contribution is -2.47. The second-order valence-corrected chi connectivity index (χ2v) is 6.12. The van der Waals surface area contributed by atoms with E-state index in [1.54, 1.807) is 17.0 Å². The molecule has 1 heterocycles. The maximum Gasteiger partial charge on any atom is 0.317 e. The van der Waals surface area contributed by atoms with Crippen molar-refractivity contribution in [2.45, 2.75) is 25.3 Å². The number of aliphatic carboxylic acids is 1. The minimum atomic E-state index is -0.889. The van der Waals surface area contributed by atoms with Gasteiger partial charge in [0, 0.05) is 23.7 Å². The quantitative estimate of drug-likeness (QED) is 0.865. The Hall–Kier alpha value is -1.59. The minimum Gasteiger partial charge on any atom is -0.480 e. The van der Waals surface area contributed by atoms with Crippen LogP contribution in [0.3, 0.4) is 0 Å². The van der Waals surface area contributed by atoms with E-state index in [1.165, 1.54) is 0 Å². The summed E-state index contributed by atoms with van der Waals surface area (Å²) in [5.74, 6) is -0.849. The van der Waals surface area contributed by atoms with Crippen LogP contribution in [0.2, 0.25) is 5.02 Å². The molecule has 114 valence electrons. The van der Waals surface area contributed by atoms with E-state index in [0.717, 1.165) is 12.0 Å². The zero-order valence-electron chi connectivity index (χ0n) is 11.9. The smallest absolute Gasteiger partial charge is 0.317 e. The Morgan fingerprint density at radius 3 is 2.90 bits per heavy atom.